The smallest absolute Gasteiger partial charge is 0.335 e. The molecule has 0 aliphatic carbocycles. The molecule has 4 heteroatoms. The number of hydrogen-bond donors (Lipinski definition) is 0. The summed E-state index contributed by atoms with van der Waals surface area (Å²) in [5.74, 6) is -1.22. The molecule has 0 amide bonds. The molecule has 0 aromatic rings. The molecule has 0 fully saturated rings. The maximum absolute atomic E-state index is 11.0. The van der Waals surface area contributed by atoms with E-state index in [0.717, 1.165) is 25.0 Å². The fraction of sp³-hybridized carbons (Fsp3) is 0.333. The van der Waals surface area contributed by atoms with E-state index in [1.807, 2.05) is 13.8 Å². The first-order chi connectivity index (χ1) is 7.70. The molecule has 0 unspecified atom stereocenters. The average molecular weight is 224 g/mol. The molecule has 0 N–H and O–H groups in total. The summed E-state index contributed by atoms with van der Waals surface area (Å²) in [6.45, 7) is 3.83. The van der Waals surface area contributed by atoms with Crippen molar-refractivity contribution in [2.45, 2.75) is 26.7 Å². The van der Waals surface area contributed by atoms with Crippen LogP contribution in [-0.4, -0.2) is 11.9 Å². The molecule has 0 saturated heterocycles. The third-order valence-corrected chi connectivity index (χ3v) is 1.39. The van der Waals surface area contributed by atoms with E-state index in [2.05, 4.69) is 9.47 Å². The van der Waals surface area contributed by atoms with Crippen LogP contribution in [0.2, 0.25) is 0 Å². The highest BCUT2D eigenvalue weighted by atomic mass is 16.5. The van der Waals surface area contributed by atoms with Crippen molar-refractivity contribution >= 4 is 11.9 Å². The number of carbonyl (C=O) groups is 2. The molecule has 0 atom stereocenters. The first kappa shape index (κ1) is 14.2. The lowest BCUT2D eigenvalue weighted by Crippen LogP contribution is -1.98. The van der Waals surface area contributed by atoms with Crippen LogP contribution in [0.25, 0.3) is 0 Å². The van der Waals surface area contributed by atoms with Crippen LogP contribution >= 0.6 is 0 Å². The van der Waals surface area contributed by atoms with Gasteiger partial charge in [0.2, 0.25) is 0 Å². The van der Waals surface area contributed by atoms with Crippen molar-refractivity contribution in [3.8, 4) is 0 Å². The predicted octanol–water partition coefficient (Wildman–Crippen LogP) is 2.48. The van der Waals surface area contributed by atoms with E-state index >= 15 is 0 Å². The summed E-state index contributed by atoms with van der Waals surface area (Å²) in [5.41, 5.74) is 0. The van der Waals surface area contributed by atoms with Crippen molar-refractivity contribution in [1.29, 1.82) is 0 Å². The minimum Gasteiger partial charge on any atom is -0.432 e. The Morgan fingerprint density at radius 1 is 0.875 bits per heavy atom. The molecule has 0 aromatic heterocycles. The number of esters is 2. The van der Waals surface area contributed by atoms with Gasteiger partial charge >= 0.3 is 11.9 Å². The second-order valence-electron chi connectivity index (χ2n) is 2.77. The zero-order valence-electron chi connectivity index (χ0n) is 9.51. The number of hydrogen-bond acceptors (Lipinski definition) is 4. The van der Waals surface area contributed by atoms with Gasteiger partial charge < -0.3 is 9.47 Å². The zero-order chi connectivity index (χ0) is 12.2. The lowest BCUT2D eigenvalue weighted by Gasteiger charge is -1.92. The van der Waals surface area contributed by atoms with E-state index in [1.165, 1.54) is 12.5 Å². The third kappa shape index (κ3) is 8.74. The second-order valence-corrected chi connectivity index (χ2v) is 2.77. The van der Waals surface area contributed by atoms with Crippen LogP contribution in [0.5, 0.6) is 0 Å². The predicted molar refractivity (Wildman–Crippen MR) is 60.2 cm³/mol. The molecular formula is C12H16O4. The van der Waals surface area contributed by atoms with Crippen LogP contribution < -0.4 is 0 Å². The van der Waals surface area contributed by atoms with Gasteiger partial charge in [0.15, 0.2) is 0 Å². The highest BCUT2D eigenvalue weighted by Gasteiger charge is 1.97. The topological polar surface area (TPSA) is 52.6 Å². The minimum absolute atomic E-state index is 0.610. The van der Waals surface area contributed by atoms with Crippen LogP contribution in [0.3, 0.4) is 0 Å². The van der Waals surface area contributed by atoms with Gasteiger partial charge in [0, 0.05) is 12.2 Å². The molecule has 0 spiro atoms. The lowest BCUT2D eigenvalue weighted by atomic mass is 10.5. The Balaban J connectivity index is 3.88. The quantitative estimate of drug-likeness (QED) is 0.395. The van der Waals surface area contributed by atoms with Crippen molar-refractivity contribution in [3.63, 3.8) is 0 Å². The van der Waals surface area contributed by atoms with Crippen LogP contribution in [-0.2, 0) is 19.1 Å². The Labute approximate surface area is 95.2 Å². The van der Waals surface area contributed by atoms with Crippen molar-refractivity contribution < 1.29 is 19.1 Å². The van der Waals surface area contributed by atoms with E-state index in [0.29, 0.717) is 0 Å². The van der Waals surface area contributed by atoms with Gasteiger partial charge in [0.05, 0.1) is 12.5 Å². The summed E-state index contributed by atoms with van der Waals surface area (Å²) in [4.78, 5) is 21.9. The summed E-state index contributed by atoms with van der Waals surface area (Å²) in [6, 6.07) is 0. The van der Waals surface area contributed by atoms with E-state index in [4.69, 9.17) is 0 Å². The molecule has 0 bridgehead atoms. The Kier molecular flexibility index (Phi) is 8.59. The molecule has 16 heavy (non-hydrogen) atoms. The second kappa shape index (κ2) is 9.71. The van der Waals surface area contributed by atoms with E-state index in [1.54, 1.807) is 12.2 Å². The summed E-state index contributed by atoms with van der Waals surface area (Å²) < 4.78 is 9.25. The van der Waals surface area contributed by atoms with Crippen molar-refractivity contribution in [2.24, 2.45) is 0 Å². The molecule has 0 aliphatic rings. The summed E-state index contributed by atoms with van der Waals surface area (Å²) in [7, 11) is 0. The van der Waals surface area contributed by atoms with Gasteiger partial charge in [-0.05, 0) is 25.0 Å². The molecule has 0 radical (unpaired) electrons. The lowest BCUT2D eigenvalue weighted by molar-refractivity contribution is -0.135. The molecule has 88 valence electrons. The highest BCUT2D eigenvalue weighted by Crippen LogP contribution is 1.89. The molecule has 0 saturated carbocycles. The Morgan fingerprint density at radius 2 is 1.25 bits per heavy atom. The standard InChI is InChI=1S/C12H16O4/c1-3-5-9-15-11(13)7-8-12(14)16-10-6-4-2/h5-10H,3-4H2,1-2H3/b8-7-,9-5?,10-6?. The fourth-order valence-corrected chi connectivity index (χ4v) is 0.637. The minimum atomic E-state index is -0.610. The fourth-order valence-electron chi connectivity index (χ4n) is 0.637. The molecular weight excluding hydrogens is 208 g/mol. The van der Waals surface area contributed by atoms with Gasteiger partial charge in [0.25, 0.3) is 0 Å². The maximum Gasteiger partial charge on any atom is 0.335 e. The van der Waals surface area contributed by atoms with Crippen molar-refractivity contribution in [1.82, 2.24) is 0 Å². The number of carbonyl (C=O) groups excluding carboxylic acids is 2. The van der Waals surface area contributed by atoms with Gasteiger partial charge in [-0.3, -0.25) is 0 Å². The van der Waals surface area contributed by atoms with Gasteiger partial charge in [-0.2, -0.15) is 0 Å². The normalized spacial score (nSPS) is 11.4. The van der Waals surface area contributed by atoms with Gasteiger partial charge in [-0.1, -0.05) is 13.8 Å². The Morgan fingerprint density at radius 3 is 1.56 bits per heavy atom. The third-order valence-electron chi connectivity index (χ3n) is 1.39. The van der Waals surface area contributed by atoms with E-state index < -0.39 is 11.9 Å². The average Bonchev–Trinajstić information content (AvgIpc) is 2.27. The van der Waals surface area contributed by atoms with Gasteiger partial charge in [-0.15, -0.1) is 0 Å². The Hall–Kier alpha value is -1.84. The maximum atomic E-state index is 11.0. The molecule has 4 nitrogen and oxygen atoms in total. The van der Waals surface area contributed by atoms with E-state index in [-0.39, 0.29) is 0 Å². The SMILES string of the molecule is CCC=COC(=O)/C=C\C(=O)OC=CCC. The monoisotopic (exact) mass is 224 g/mol. The van der Waals surface area contributed by atoms with Crippen LogP contribution in [0.1, 0.15) is 26.7 Å². The number of ether oxygens (including phenoxy) is 2. The molecule has 0 heterocycles. The van der Waals surface area contributed by atoms with Crippen LogP contribution in [0.4, 0.5) is 0 Å². The summed E-state index contributed by atoms with van der Waals surface area (Å²) in [5, 5.41) is 0. The van der Waals surface area contributed by atoms with Gasteiger partial charge in [0.1, 0.15) is 0 Å². The van der Waals surface area contributed by atoms with Crippen LogP contribution in [0.15, 0.2) is 36.8 Å². The first-order valence-electron chi connectivity index (χ1n) is 5.10. The molecule has 0 aromatic carbocycles. The van der Waals surface area contributed by atoms with Crippen molar-refractivity contribution in [3.05, 3.63) is 36.8 Å². The summed E-state index contributed by atoms with van der Waals surface area (Å²) >= 11 is 0. The van der Waals surface area contributed by atoms with Gasteiger partial charge in [-0.25, -0.2) is 9.59 Å². The summed E-state index contributed by atoms with van der Waals surface area (Å²) in [6.07, 6.45) is 9.54. The van der Waals surface area contributed by atoms with E-state index in [9.17, 15) is 9.59 Å². The van der Waals surface area contributed by atoms with Crippen molar-refractivity contribution in [2.75, 3.05) is 0 Å². The highest BCUT2D eigenvalue weighted by molar-refractivity contribution is 5.92. The zero-order valence-corrected chi connectivity index (χ0v) is 9.51. The molecule has 0 aliphatic heterocycles. The first-order valence-corrected chi connectivity index (χ1v) is 5.10. The number of rotatable bonds is 6. The Bertz CT molecular complexity index is 270. The number of allylic oxidation sites excluding steroid dienone is 2. The van der Waals surface area contributed by atoms with Crippen LogP contribution in [0, 0.1) is 0 Å². The molecule has 0 rings (SSSR count). The largest absolute Gasteiger partial charge is 0.432 e.